The number of amides is 4. The summed E-state index contributed by atoms with van der Waals surface area (Å²) in [6, 6.07) is 12.3. The van der Waals surface area contributed by atoms with E-state index in [1.807, 2.05) is 0 Å². The van der Waals surface area contributed by atoms with Crippen LogP contribution in [0.1, 0.15) is 38.5 Å². The lowest BCUT2D eigenvalue weighted by molar-refractivity contribution is -0.125. The molecule has 0 bridgehead atoms. The summed E-state index contributed by atoms with van der Waals surface area (Å²) in [7, 11) is 1.53. The lowest BCUT2D eigenvalue weighted by Crippen LogP contribution is -2.45. The molecule has 2 fully saturated rings. The number of imide groups is 1. The highest BCUT2D eigenvalue weighted by Crippen LogP contribution is 2.34. The van der Waals surface area contributed by atoms with Crippen LogP contribution in [0.3, 0.4) is 0 Å². The van der Waals surface area contributed by atoms with Gasteiger partial charge in [0.15, 0.2) is 0 Å². The maximum atomic E-state index is 13.4. The van der Waals surface area contributed by atoms with Crippen LogP contribution < -0.4 is 15.0 Å². The molecule has 0 aromatic heterocycles. The fourth-order valence-corrected chi connectivity index (χ4v) is 4.60. The van der Waals surface area contributed by atoms with Gasteiger partial charge in [-0.15, -0.1) is 0 Å². The van der Waals surface area contributed by atoms with Crippen molar-refractivity contribution >= 4 is 40.8 Å². The number of anilines is 2. The highest BCUT2D eigenvalue weighted by Gasteiger charge is 2.49. The predicted octanol–water partition coefficient (Wildman–Crippen LogP) is 4.85. The smallest absolute Gasteiger partial charge is 0.332 e. The number of halogens is 1. The molecule has 1 heterocycles. The fraction of sp³-hybridized carbons (Fsp3) is 0.375. The maximum Gasteiger partial charge on any atom is 0.332 e. The zero-order chi connectivity index (χ0) is 22.7. The standard InChI is InChI=1S/C24H26ClN3O4/c1-32-20-9-5-8-19(14-20)28-23(30)21(27(24(28)31)18-6-3-2-4-7-18)15-22(29)26-17-12-10-16(25)11-13-17/h5,8-14,18,21H,2-4,6-7,15H2,1H3,(H,26,29)/t21-/m1/s1. The molecule has 0 spiro atoms. The van der Waals surface area contributed by atoms with E-state index in [0.717, 1.165) is 32.1 Å². The Balaban J connectivity index is 1.59. The van der Waals surface area contributed by atoms with Gasteiger partial charge in [0.2, 0.25) is 5.91 Å². The first kappa shape index (κ1) is 22.1. The maximum absolute atomic E-state index is 13.4. The van der Waals surface area contributed by atoms with E-state index in [1.54, 1.807) is 53.4 Å². The summed E-state index contributed by atoms with van der Waals surface area (Å²) < 4.78 is 5.26. The average molecular weight is 456 g/mol. The van der Waals surface area contributed by atoms with Crippen LogP contribution in [0, 0.1) is 0 Å². The van der Waals surface area contributed by atoms with Gasteiger partial charge in [0, 0.05) is 22.8 Å². The molecular formula is C24H26ClN3O4. The molecule has 2 aromatic rings. The Morgan fingerprint density at radius 2 is 1.81 bits per heavy atom. The summed E-state index contributed by atoms with van der Waals surface area (Å²) in [5.74, 6) is -0.164. The number of ether oxygens (including phenoxy) is 1. The fourth-order valence-electron chi connectivity index (χ4n) is 4.47. The third-order valence-electron chi connectivity index (χ3n) is 6.04. The number of rotatable bonds is 6. The van der Waals surface area contributed by atoms with Crippen LogP contribution in [-0.2, 0) is 9.59 Å². The number of carbonyl (C=O) groups is 3. The molecule has 1 aliphatic carbocycles. The quantitative estimate of drug-likeness (QED) is 0.631. The zero-order valence-corrected chi connectivity index (χ0v) is 18.7. The highest BCUT2D eigenvalue weighted by molar-refractivity contribution is 6.30. The lowest BCUT2D eigenvalue weighted by Gasteiger charge is -2.33. The van der Waals surface area contributed by atoms with Crippen molar-refractivity contribution in [1.82, 2.24) is 4.90 Å². The molecule has 8 heteroatoms. The summed E-state index contributed by atoms with van der Waals surface area (Å²) in [6.07, 6.45) is 4.69. The van der Waals surface area contributed by atoms with Gasteiger partial charge in [0.25, 0.3) is 5.91 Å². The second kappa shape index (κ2) is 9.61. The molecule has 32 heavy (non-hydrogen) atoms. The van der Waals surface area contributed by atoms with Gasteiger partial charge in [-0.1, -0.05) is 36.9 Å². The number of carbonyl (C=O) groups excluding carboxylic acids is 3. The molecule has 4 amide bonds. The Hall–Kier alpha value is -3.06. The van der Waals surface area contributed by atoms with Crippen molar-refractivity contribution in [3.63, 3.8) is 0 Å². The summed E-state index contributed by atoms with van der Waals surface area (Å²) in [5, 5.41) is 3.37. The van der Waals surface area contributed by atoms with Crippen LogP contribution in [0.5, 0.6) is 5.75 Å². The normalized spacial score (nSPS) is 19.4. The molecule has 4 rings (SSSR count). The third-order valence-corrected chi connectivity index (χ3v) is 6.29. The lowest BCUT2D eigenvalue weighted by atomic mass is 9.93. The van der Waals surface area contributed by atoms with E-state index in [2.05, 4.69) is 5.32 Å². The van der Waals surface area contributed by atoms with E-state index < -0.39 is 6.04 Å². The number of hydrogen-bond acceptors (Lipinski definition) is 4. The van der Waals surface area contributed by atoms with E-state index in [0.29, 0.717) is 22.1 Å². The predicted molar refractivity (Wildman–Crippen MR) is 123 cm³/mol. The molecule has 1 saturated heterocycles. The molecule has 1 atom stereocenters. The highest BCUT2D eigenvalue weighted by atomic mass is 35.5. The number of urea groups is 1. The molecule has 168 valence electrons. The number of hydrogen-bond donors (Lipinski definition) is 1. The van der Waals surface area contributed by atoms with Crippen molar-refractivity contribution < 1.29 is 19.1 Å². The van der Waals surface area contributed by atoms with Gasteiger partial charge in [-0.25, -0.2) is 9.69 Å². The molecule has 7 nitrogen and oxygen atoms in total. The first-order valence-electron chi connectivity index (χ1n) is 10.8. The van der Waals surface area contributed by atoms with E-state index >= 15 is 0 Å². The summed E-state index contributed by atoms with van der Waals surface area (Å²) in [5.41, 5.74) is 1.03. The second-order valence-electron chi connectivity index (χ2n) is 8.13. The molecule has 0 radical (unpaired) electrons. The van der Waals surface area contributed by atoms with E-state index in [-0.39, 0.29) is 30.3 Å². The van der Waals surface area contributed by atoms with E-state index in [9.17, 15) is 14.4 Å². The minimum atomic E-state index is -0.843. The van der Waals surface area contributed by atoms with Gasteiger partial charge < -0.3 is 15.0 Å². The Morgan fingerprint density at radius 1 is 1.09 bits per heavy atom. The Labute approximate surface area is 192 Å². The largest absolute Gasteiger partial charge is 0.497 e. The summed E-state index contributed by atoms with van der Waals surface area (Å²) in [6.45, 7) is 0. The minimum Gasteiger partial charge on any atom is -0.497 e. The van der Waals surface area contributed by atoms with Crippen LogP contribution in [0.25, 0.3) is 0 Å². The average Bonchev–Trinajstić information content (AvgIpc) is 3.05. The van der Waals surface area contributed by atoms with Gasteiger partial charge in [-0.2, -0.15) is 0 Å². The molecule has 2 aromatic carbocycles. The van der Waals surface area contributed by atoms with Gasteiger partial charge in [-0.3, -0.25) is 9.59 Å². The first-order chi connectivity index (χ1) is 15.5. The molecular weight excluding hydrogens is 430 g/mol. The van der Waals surface area contributed by atoms with Crippen molar-refractivity contribution in [3.8, 4) is 5.75 Å². The van der Waals surface area contributed by atoms with Crippen molar-refractivity contribution in [2.75, 3.05) is 17.3 Å². The number of nitrogens with zero attached hydrogens (tertiary/aromatic N) is 2. The monoisotopic (exact) mass is 455 g/mol. The Morgan fingerprint density at radius 3 is 2.50 bits per heavy atom. The molecule has 1 saturated carbocycles. The molecule has 1 N–H and O–H groups in total. The number of benzene rings is 2. The van der Waals surface area contributed by atoms with Crippen LogP contribution in [-0.4, -0.2) is 41.9 Å². The Kier molecular flexibility index (Phi) is 6.65. The molecule has 1 aliphatic heterocycles. The molecule has 0 unspecified atom stereocenters. The minimum absolute atomic E-state index is 0.0517. The van der Waals surface area contributed by atoms with Gasteiger partial charge in [-0.05, 0) is 49.2 Å². The SMILES string of the molecule is COc1cccc(N2C(=O)[C@@H](CC(=O)Nc3ccc(Cl)cc3)N(C3CCCCC3)C2=O)c1. The summed E-state index contributed by atoms with van der Waals surface area (Å²) in [4.78, 5) is 42.5. The van der Waals surface area contributed by atoms with Gasteiger partial charge in [0.05, 0.1) is 19.2 Å². The van der Waals surface area contributed by atoms with Crippen molar-refractivity contribution in [2.45, 2.75) is 50.6 Å². The number of nitrogens with one attached hydrogen (secondary N) is 1. The molecule has 2 aliphatic rings. The van der Waals surface area contributed by atoms with Crippen molar-refractivity contribution in [2.24, 2.45) is 0 Å². The zero-order valence-electron chi connectivity index (χ0n) is 17.9. The van der Waals surface area contributed by atoms with E-state index in [1.165, 1.54) is 12.0 Å². The first-order valence-corrected chi connectivity index (χ1v) is 11.2. The van der Waals surface area contributed by atoms with Gasteiger partial charge in [0.1, 0.15) is 11.8 Å². The summed E-state index contributed by atoms with van der Waals surface area (Å²) >= 11 is 5.91. The van der Waals surface area contributed by atoms with Crippen LogP contribution >= 0.6 is 11.6 Å². The van der Waals surface area contributed by atoms with Crippen LogP contribution in [0.4, 0.5) is 16.2 Å². The van der Waals surface area contributed by atoms with Crippen LogP contribution in [0.15, 0.2) is 48.5 Å². The van der Waals surface area contributed by atoms with Crippen LogP contribution in [0.2, 0.25) is 5.02 Å². The van der Waals surface area contributed by atoms with Crippen molar-refractivity contribution in [3.05, 3.63) is 53.6 Å². The van der Waals surface area contributed by atoms with Crippen molar-refractivity contribution in [1.29, 1.82) is 0 Å². The van der Waals surface area contributed by atoms with E-state index in [4.69, 9.17) is 16.3 Å². The topological polar surface area (TPSA) is 79.0 Å². The third kappa shape index (κ3) is 4.58. The Bertz CT molecular complexity index is 1000. The van der Waals surface area contributed by atoms with Gasteiger partial charge >= 0.3 is 6.03 Å². The number of methoxy groups -OCH3 is 1. The second-order valence-corrected chi connectivity index (χ2v) is 8.57.